The predicted octanol–water partition coefficient (Wildman–Crippen LogP) is 3.88. The van der Waals surface area contributed by atoms with E-state index in [2.05, 4.69) is 16.2 Å². The molecule has 2 saturated heterocycles. The van der Waals surface area contributed by atoms with Crippen LogP contribution < -0.4 is 5.32 Å². The topological polar surface area (TPSA) is 125 Å². The highest BCUT2D eigenvalue weighted by molar-refractivity contribution is 5.88. The van der Waals surface area contributed by atoms with E-state index in [-0.39, 0.29) is 36.3 Å². The zero-order chi connectivity index (χ0) is 28.3. The Kier molecular flexibility index (Phi) is 9.56. The maximum atomic E-state index is 15.4. The minimum absolute atomic E-state index is 0.189. The molecule has 1 aromatic heterocycles. The second kappa shape index (κ2) is 12.1. The molecule has 0 aliphatic carbocycles. The van der Waals surface area contributed by atoms with E-state index in [1.807, 2.05) is 13.8 Å². The van der Waals surface area contributed by atoms with Crippen LogP contribution in [0.1, 0.15) is 84.2 Å². The number of aliphatic hydroxyl groups excluding tert-OH is 2. The minimum Gasteiger partial charge on any atom is -0.449 e. The molecular weight excluding hydrogens is 491 g/mol. The van der Waals surface area contributed by atoms with Crippen molar-refractivity contribution in [3.63, 3.8) is 0 Å². The van der Waals surface area contributed by atoms with Crippen LogP contribution >= 0.6 is 0 Å². The number of nitrogens with zero attached hydrogens (tertiary/aromatic N) is 1. The third-order valence-corrected chi connectivity index (χ3v) is 8.19. The first-order valence-corrected chi connectivity index (χ1v) is 13.4. The number of nitrogens with one attached hydrogen (secondary N) is 1. The van der Waals surface area contributed by atoms with Crippen molar-refractivity contribution in [1.82, 2.24) is 10.3 Å². The van der Waals surface area contributed by atoms with E-state index >= 15 is 4.39 Å². The Morgan fingerprint density at radius 2 is 2.05 bits per heavy atom. The number of Topliss-reactive ketones (excluding diaryl/α,β-unsaturated/α-hetero) is 1. The fourth-order valence-corrected chi connectivity index (χ4v) is 5.32. The number of hydrogen-bond acceptors (Lipinski definition) is 7. The molecule has 0 saturated carbocycles. The van der Waals surface area contributed by atoms with Crippen LogP contribution in [0.5, 0.6) is 0 Å². The van der Waals surface area contributed by atoms with Gasteiger partial charge in [0.15, 0.2) is 5.89 Å². The normalized spacial score (nSPS) is 35.2. The summed E-state index contributed by atoms with van der Waals surface area (Å²) in [5.74, 6) is 0.391. The van der Waals surface area contributed by atoms with Crippen molar-refractivity contribution in [2.75, 3.05) is 0 Å². The molecule has 0 bridgehead atoms. The van der Waals surface area contributed by atoms with Gasteiger partial charge in [0.05, 0.1) is 41.8 Å². The Hall–Kier alpha value is -2.54. The Morgan fingerprint density at radius 1 is 1.34 bits per heavy atom. The van der Waals surface area contributed by atoms with Gasteiger partial charge < -0.3 is 24.7 Å². The first kappa shape index (κ1) is 30.0. The van der Waals surface area contributed by atoms with Gasteiger partial charge in [-0.1, -0.05) is 27.2 Å². The van der Waals surface area contributed by atoms with Crippen LogP contribution in [0.3, 0.4) is 0 Å². The summed E-state index contributed by atoms with van der Waals surface area (Å²) in [4.78, 5) is 30.7. The minimum atomic E-state index is -1.35. The fraction of sp³-hybridized carbons (Fsp3) is 0.690. The summed E-state index contributed by atoms with van der Waals surface area (Å²) in [6.45, 7) is 8.62. The molecule has 8 nitrogen and oxygen atoms in total. The maximum absolute atomic E-state index is 15.4. The fourth-order valence-electron chi connectivity index (χ4n) is 5.32. The Labute approximate surface area is 224 Å². The van der Waals surface area contributed by atoms with Crippen molar-refractivity contribution in [1.29, 1.82) is 0 Å². The number of aryl methyl sites for hydroxylation is 1. The number of fused-ring (bicyclic) bond motifs is 1. The zero-order valence-electron chi connectivity index (χ0n) is 23.0. The average molecular weight is 533 g/mol. The molecule has 2 aliphatic heterocycles. The predicted molar refractivity (Wildman–Crippen MR) is 140 cm³/mol. The molecule has 3 rings (SSSR count). The van der Waals surface area contributed by atoms with Crippen LogP contribution in [0.2, 0.25) is 0 Å². The summed E-state index contributed by atoms with van der Waals surface area (Å²) in [6, 6.07) is -1.01. The van der Waals surface area contributed by atoms with E-state index in [0.717, 1.165) is 6.42 Å². The third-order valence-electron chi connectivity index (χ3n) is 8.19. The summed E-state index contributed by atoms with van der Waals surface area (Å²) >= 11 is 0. The number of aliphatic hydroxyl groups is 2. The summed E-state index contributed by atoms with van der Waals surface area (Å²) in [6.07, 6.45) is 7.89. The highest BCUT2D eigenvalue weighted by Crippen LogP contribution is 2.44. The monoisotopic (exact) mass is 532 g/mol. The Morgan fingerprint density at radius 3 is 2.68 bits per heavy atom. The molecule has 2 fully saturated rings. The first-order valence-electron chi connectivity index (χ1n) is 13.4. The van der Waals surface area contributed by atoms with Crippen LogP contribution in [-0.4, -0.2) is 56.8 Å². The van der Waals surface area contributed by atoms with Gasteiger partial charge in [0.1, 0.15) is 23.6 Å². The molecule has 0 aromatic carbocycles. The zero-order valence-corrected chi connectivity index (χ0v) is 23.0. The number of hydrogen-bond donors (Lipinski definition) is 3. The van der Waals surface area contributed by atoms with E-state index in [0.29, 0.717) is 25.2 Å². The molecule has 3 N–H and O–H groups in total. The van der Waals surface area contributed by atoms with E-state index < -0.39 is 53.3 Å². The van der Waals surface area contributed by atoms with Gasteiger partial charge in [0.2, 0.25) is 5.91 Å². The largest absolute Gasteiger partial charge is 0.449 e. The number of ether oxygens (including phenoxy) is 1. The third kappa shape index (κ3) is 7.10. The lowest BCUT2D eigenvalue weighted by molar-refractivity contribution is -0.144. The lowest BCUT2D eigenvalue weighted by Gasteiger charge is -2.36. The van der Waals surface area contributed by atoms with Crippen molar-refractivity contribution in [2.45, 2.75) is 110 Å². The number of carbonyl (C=O) groups excluding carboxylic acids is 2. The highest BCUT2D eigenvalue weighted by Gasteiger charge is 2.53. The van der Waals surface area contributed by atoms with Crippen LogP contribution in [0.4, 0.5) is 4.39 Å². The SMILES string of the molecule is C#CCCC1C(=O)C(C)(C)C(O)CC(=O)NC(C(F)=Cc2coc(C)n2)CC2OC2(C)CCCC(C)C1O. The summed E-state index contributed by atoms with van der Waals surface area (Å²) in [5, 5.41) is 24.8. The Balaban J connectivity index is 1.88. The number of amides is 1. The van der Waals surface area contributed by atoms with Crippen molar-refractivity contribution in [3.05, 3.63) is 23.7 Å². The summed E-state index contributed by atoms with van der Waals surface area (Å²) < 4.78 is 26.5. The maximum Gasteiger partial charge on any atom is 0.223 e. The molecule has 7 unspecified atom stereocenters. The second-order valence-electron chi connectivity index (χ2n) is 11.6. The number of halogens is 1. The van der Waals surface area contributed by atoms with Crippen molar-refractivity contribution in [2.24, 2.45) is 17.3 Å². The van der Waals surface area contributed by atoms with Gasteiger partial charge in [0, 0.05) is 31.8 Å². The molecule has 1 amide bonds. The number of carbonyl (C=O) groups is 2. The van der Waals surface area contributed by atoms with Gasteiger partial charge in [-0.2, -0.15) is 0 Å². The number of oxazole rings is 1. The summed E-state index contributed by atoms with van der Waals surface area (Å²) in [7, 11) is 0. The van der Waals surface area contributed by atoms with Crippen LogP contribution in [0.25, 0.3) is 6.08 Å². The van der Waals surface area contributed by atoms with Gasteiger partial charge in [0.25, 0.3) is 0 Å². The quantitative estimate of drug-likeness (QED) is 0.397. The molecule has 210 valence electrons. The van der Waals surface area contributed by atoms with Gasteiger partial charge >= 0.3 is 0 Å². The first-order chi connectivity index (χ1) is 17.8. The van der Waals surface area contributed by atoms with Crippen molar-refractivity contribution < 1.29 is 33.3 Å². The Bertz CT molecular complexity index is 1080. The highest BCUT2D eigenvalue weighted by atomic mass is 19.1. The second-order valence-corrected chi connectivity index (χ2v) is 11.6. The van der Waals surface area contributed by atoms with Gasteiger partial charge in [-0.05, 0) is 32.1 Å². The molecule has 1 aromatic rings. The molecule has 7 atom stereocenters. The molecule has 3 heterocycles. The average Bonchev–Trinajstić information content (AvgIpc) is 3.29. The molecule has 38 heavy (non-hydrogen) atoms. The molecular formula is C29H41FN2O6. The van der Waals surface area contributed by atoms with Crippen molar-refractivity contribution in [3.8, 4) is 12.3 Å². The van der Waals surface area contributed by atoms with Gasteiger partial charge in [-0.3, -0.25) is 9.59 Å². The van der Waals surface area contributed by atoms with Crippen LogP contribution in [0.15, 0.2) is 16.5 Å². The molecule has 0 spiro atoms. The lowest BCUT2D eigenvalue weighted by atomic mass is 9.71. The van der Waals surface area contributed by atoms with Crippen LogP contribution in [-0.2, 0) is 14.3 Å². The van der Waals surface area contributed by atoms with Gasteiger partial charge in [-0.25, -0.2) is 9.37 Å². The van der Waals surface area contributed by atoms with E-state index in [4.69, 9.17) is 15.6 Å². The number of rotatable bonds is 4. The molecule has 0 radical (unpaired) electrons. The number of epoxide rings is 1. The smallest absolute Gasteiger partial charge is 0.223 e. The standard InChI is InChI=1S/C29H41FN2O6/c1-7-8-11-20-26(35)17(2)10-9-12-29(6)24(38-29)14-22(21(30)13-19-16-37-18(3)31-19)32-25(34)15-23(33)28(4,5)27(20)36/h1,13,16-17,20,22-24,26,33,35H,8-12,14-15H2,2-6H3,(H,32,34). The van der Waals surface area contributed by atoms with Gasteiger partial charge in [-0.15, -0.1) is 12.3 Å². The summed E-state index contributed by atoms with van der Waals surface area (Å²) in [5.41, 5.74) is -1.53. The molecule has 9 heteroatoms. The van der Waals surface area contributed by atoms with Crippen molar-refractivity contribution >= 4 is 17.8 Å². The van der Waals surface area contributed by atoms with Crippen LogP contribution in [0, 0.1) is 36.5 Å². The van der Waals surface area contributed by atoms with E-state index in [1.165, 1.54) is 12.3 Å². The lowest BCUT2D eigenvalue weighted by Crippen LogP contribution is -2.48. The number of ketones is 1. The number of terminal acetylenes is 1. The van der Waals surface area contributed by atoms with E-state index in [9.17, 15) is 19.8 Å². The van der Waals surface area contributed by atoms with E-state index in [1.54, 1.807) is 20.8 Å². The molecule has 2 aliphatic rings. The number of aromatic nitrogens is 1.